The van der Waals surface area contributed by atoms with Crippen LogP contribution in [0.2, 0.25) is 0 Å². The molecule has 0 aliphatic carbocycles. The third-order valence-corrected chi connectivity index (χ3v) is 6.81. The van der Waals surface area contributed by atoms with E-state index in [1.165, 1.54) is 28.6 Å². The number of aromatic nitrogens is 1. The normalized spacial score (nSPS) is 17.1. The van der Waals surface area contributed by atoms with Crippen LogP contribution in [0, 0.1) is 17.1 Å². The zero-order valence-electron chi connectivity index (χ0n) is 19.1. The monoisotopic (exact) mass is 453 g/mol. The number of nitriles is 1. The van der Waals surface area contributed by atoms with Crippen molar-refractivity contribution in [3.05, 3.63) is 107 Å². The third kappa shape index (κ3) is 4.35. The molecule has 1 unspecified atom stereocenters. The maximum atomic E-state index is 13.6. The van der Waals surface area contributed by atoms with Crippen LogP contribution in [0.15, 0.2) is 72.9 Å². The van der Waals surface area contributed by atoms with Crippen molar-refractivity contribution in [3.63, 3.8) is 0 Å². The zero-order chi connectivity index (χ0) is 23.4. The van der Waals surface area contributed by atoms with E-state index in [4.69, 9.17) is 4.74 Å². The number of ether oxygens (including phenoxy) is 1. The number of H-pyrrole nitrogens is 1. The van der Waals surface area contributed by atoms with Crippen molar-refractivity contribution in [1.29, 1.82) is 5.26 Å². The van der Waals surface area contributed by atoms with Gasteiger partial charge in [0, 0.05) is 17.1 Å². The number of halogens is 1. The van der Waals surface area contributed by atoms with Gasteiger partial charge in [-0.3, -0.25) is 0 Å². The Hall–Kier alpha value is -3.46. The Morgan fingerprint density at radius 1 is 1.03 bits per heavy atom. The van der Waals surface area contributed by atoms with Crippen LogP contribution in [-0.2, 0) is 23.4 Å². The van der Waals surface area contributed by atoms with Crippen molar-refractivity contribution in [2.24, 2.45) is 0 Å². The van der Waals surface area contributed by atoms with Gasteiger partial charge in [-0.15, -0.1) is 0 Å². The number of aromatic amines is 1. The second kappa shape index (κ2) is 9.80. The van der Waals surface area contributed by atoms with Crippen molar-refractivity contribution in [2.45, 2.75) is 37.9 Å². The van der Waals surface area contributed by atoms with Gasteiger partial charge in [-0.1, -0.05) is 36.4 Å². The van der Waals surface area contributed by atoms with E-state index in [-0.39, 0.29) is 5.82 Å². The van der Waals surface area contributed by atoms with E-state index in [9.17, 15) is 9.65 Å². The van der Waals surface area contributed by atoms with E-state index < -0.39 is 5.60 Å². The van der Waals surface area contributed by atoms with Gasteiger partial charge in [0.15, 0.2) is 0 Å². The van der Waals surface area contributed by atoms with Crippen LogP contribution in [0.4, 0.5) is 4.39 Å². The Morgan fingerprint density at radius 2 is 1.85 bits per heavy atom. The summed E-state index contributed by atoms with van der Waals surface area (Å²) in [6, 6.07) is 23.0. The number of nitrogens with one attached hydrogen (secondary N) is 2. The highest BCUT2D eigenvalue weighted by molar-refractivity contribution is 5.83. The lowest BCUT2D eigenvalue weighted by Gasteiger charge is -2.30. The van der Waals surface area contributed by atoms with Crippen LogP contribution in [-0.4, -0.2) is 18.1 Å². The molecule has 3 aromatic carbocycles. The number of hydrogen-bond acceptors (Lipinski definition) is 3. The molecule has 1 aromatic heterocycles. The molecule has 172 valence electrons. The summed E-state index contributed by atoms with van der Waals surface area (Å²) in [5, 5.41) is 14.1. The maximum Gasteiger partial charge on any atom is 0.123 e. The molecule has 0 saturated carbocycles. The van der Waals surface area contributed by atoms with Crippen LogP contribution >= 0.6 is 0 Å². The quantitative estimate of drug-likeness (QED) is 0.308. The van der Waals surface area contributed by atoms with Crippen molar-refractivity contribution in [2.75, 3.05) is 13.1 Å². The Bertz CT molecular complexity index is 1320. The van der Waals surface area contributed by atoms with Crippen molar-refractivity contribution >= 4 is 10.9 Å². The van der Waals surface area contributed by atoms with Gasteiger partial charge in [0.1, 0.15) is 11.4 Å². The molecule has 0 radical (unpaired) electrons. The lowest BCUT2D eigenvalue weighted by atomic mass is 9.81. The van der Waals surface area contributed by atoms with E-state index in [1.54, 1.807) is 0 Å². The van der Waals surface area contributed by atoms with Gasteiger partial charge in [-0.2, -0.15) is 5.26 Å². The molecule has 0 bridgehead atoms. The first kappa shape index (κ1) is 22.3. The van der Waals surface area contributed by atoms with Crippen LogP contribution < -0.4 is 5.32 Å². The van der Waals surface area contributed by atoms with Gasteiger partial charge in [-0.25, -0.2) is 4.39 Å². The first-order valence-corrected chi connectivity index (χ1v) is 11.9. The summed E-state index contributed by atoms with van der Waals surface area (Å²) >= 11 is 0. The smallest absolute Gasteiger partial charge is 0.123 e. The van der Waals surface area contributed by atoms with Gasteiger partial charge < -0.3 is 15.0 Å². The minimum Gasteiger partial charge on any atom is -0.361 e. The summed E-state index contributed by atoms with van der Waals surface area (Å²) in [6.07, 6.45) is 5.93. The molecule has 2 N–H and O–H groups in total. The number of benzene rings is 3. The van der Waals surface area contributed by atoms with Crippen LogP contribution in [0.1, 0.15) is 47.1 Å². The van der Waals surface area contributed by atoms with E-state index in [0.717, 1.165) is 55.5 Å². The average molecular weight is 454 g/mol. The Balaban J connectivity index is 1.20. The number of hydrogen-bond donors (Lipinski definition) is 2. The average Bonchev–Trinajstić information content (AvgIpc) is 3.46. The molecule has 0 fully saturated rings. The molecule has 34 heavy (non-hydrogen) atoms. The third-order valence-electron chi connectivity index (χ3n) is 6.81. The molecule has 1 aliphatic rings. The van der Waals surface area contributed by atoms with Gasteiger partial charge in [0.05, 0.1) is 18.2 Å². The largest absolute Gasteiger partial charge is 0.361 e. The summed E-state index contributed by atoms with van der Waals surface area (Å²) in [7, 11) is 0. The second-order valence-corrected chi connectivity index (χ2v) is 8.92. The minimum absolute atomic E-state index is 0.256. The molecule has 5 rings (SSSR count). The van der Waals surface area contributed by atoms with Crippen molar-refractivity contribution in [3.8, 4) is 6.07 Å². The molecule has 1 atom stereocenters. The first-order chi connectivity index (χ1) is 16.7. The fourth-order valence-electron chi connectivity index (χ4n) is 5.09. The molecule has 0 amide bonds. The predicted molar refractivity (Wildman–Crippen MR) is 132 cm³/mol. The molecule has 5 heteroatoms. The number of rotatable bonds is 9. The van der Waals surface area contributed by atoms with Crippen molar-refractivity contribution < 1.29 is 9.13 Å². The van der Waals surface area contributed by atoms with E-state index in [1.807, 2.05) is 30.3 Å². The molecule has 0 saturated heterocycles. The lowest BCUT2D eigenvalue weighted by molar-refractivity contribution is -0.0129. The molecule has 0 spiro atoms. The van der Waals surface area contributed by atoms with Gasteiger partial charge in [0.25, 0.3) is 0 Å². The summed E-state index contributed by atoms with van der Waals surface area (Å²) < 4.78 is 20.0. The molecule has 1 aliphatic heterocycles. The highest BCUT2D eigenvalue weighted by atomic mass is 19.1. The number of para-hydroxylation sites is 1. The molecule has 4 nitrogen and oxygen atoms in total. The highest BCUT2D eigenvalue weighted by Gasteiger charge is 2.41. The van der Waals surface area contributed by atoms with E-state index >= 15 is 0 Å². The standard InChI is InChI=1S/C29H28FN3O/c30-25-11-9-24(10-12-25)29(27-13-8-21(18-31)17-23(27)20-34-29)14-4-16-32-15-3-5-22-19-33-28-7-2-1-6-26(22)28/h1-2,6-13,17,19,32-33H,3-5,14-16,20H2. The first-order valence-electron chi connectivity index (χ1n) is 11.9. The predicted octanol–water partition coefficient (Wildman–Crippen LogP) is 5.96. The summed E-state index contributed by atoms with van der Waals surface area (Å²) in [6.45, 7) is 2.29. The molecular weight excluding hydrogens is 425 g/mol. The highest BCUT2D eigenvalue weighted by Crippen LogP contribution is 2.45. The van der Waals surface area contributed by atoms with Gasteiger partial charge in [-0.05, 0) is 91.4 Å². The van der Waals surface area contributed by atoms with E-state index in [2.05, 4.69) is 46.8 Å². The molecule has 2 heterocycles. The van der Waals surface area contributed by atoms with Crippen LogP contribution in [0.25, 0.3) is 10.9 Å². The second-order valence-electron chi connectivity index (χ2n) is 8.92. The summed E-state index contributed by atoms with van der Waals surface area (Å²) in [5.41, 5.74) is 5.65. The topological polar surface area (TPSA) is 60.8 Å². The summed E-state index contributed by atoms with van der Waals surface area (Å²) in [4.78, 5) is 3.34. The van der Waals surface area contributed by atoms with Gasteiger partial charge in [0.2, 0.25) is 0 Å². The molecule has 4 aromatic rings. The fourth-order valence-corrected chi connectivity index (χ4v) is 5.09. The number of aryl methyl sites for hydroxylation is 1. The minimum atomic E-state index is -0.608. The van der Waals surface area contributed by atoms with Crippen LogP contribution in [0.5, 0.6) is 0 Å². The lowest BCUT2D eigenvalue weighted by Crippen LogP contribution is -2.29. The molecular formula is C29H28FN3O. The van der Waals surface area contributed by atoms with Crippen molar-refractivity contribution in [1.82, 2.24) is 10.3 Å². The number of fused-ring (bicyclic) bond motifs is 2. The number of nitrogens with zero attached hydrogens (tertiary/aromatic N) is 1. The Labute approximate surface area is 199 Å². The fraction of sp³-hybridized carbons (Fsp3) is 0.276. The Morgan fingerprint density at radius 3 is 2.71 bits per heavy atom. The van der Waals surface area contributed by atoms with E-state index in [0.29, 0.717) is 12.2 Å². The SMILES string of the molecule is N#Cc1ccc2c(c1)COC2(CCCNCCCc1c[nH]c2ccccc12)c1ccc(F)cc1. The Kier molecular flexibility index (Phi) is 6.44. The summed E-state index contributed by atoms with van der Waals surface area (Å²) in [5.74, 6) is -0.256. The van der Waals surface area contributed by atoms with Gasteiger partial charge >= 0.3 is 0 Å². The zero-order valence-corrected chi connectivity index (χ0v) is 19.1. The maximum absolute atomic E-state index is 13.6. The van der Waals surface area contributed by atoms with Crippen LogP contribution in [0.3, 0.4) is 0 Å².